The van der Waals surface area contributed by atoms with Crippen LogP contribution in [0, 0.1) is 10.8 Å². The molecule has 0 aliphatic heterocycles. The number of rotatable bonds is 6. The van der Waals surface area contributed by atoms with Crippen LogP contribution in [0.3, 0.4) is 0 Å². The van der Waals surface area contributed by atoms with Gasteiger partial charge in [-0.3, -0.25) is 4.79 Å². The van der Waals surface area contributed by atoms with Gasteiger partial charge in [0.25, 0.3) is 0 Å². The van der Waals surface area contributed by atoms with E-state index in [0.717, 1.165) is 5.75 Å². The van der Waals surface area contributed by atoms with Gasteiger partial charge < -0.3 is 14.6 Å². The molecule has 0 aliphatic rings. The Morgan fingerprint density at radius 3 is 1.96 bits per heavy atom. The molecule has 2 atom stereocenters. The van der Waals surface area contributed by atoms with Crippen molar-refractivity contribution in [3.8, 4) is 11.5 Å². The summed E-state index contributed by atoms with van der Waals surface area (Å²) in [7, 11) is 1.60. The second kappa shape index (κ2) is 7.84. The van der Waals surface area contributed by atoms with Crippen molar-refractivity contribution in [3.63, 3.8) is 0 Å². The number of aliphatic hydroxyl groups excluding tert-OH is 1. The number of ketones is 1. The van der Waals surface area contributed by atoms with E-state index in [9.17, 15) is 9.90 Å². The van der Waals surface area contributed by atoms with Crippen molar-refractivity contribution in [2.45, 2.75) is 53.8 Å². The fraction of sp³-hybridized carbons (Fsp3) is 0.550. The molecule has 0 aliphatic carbocycles. The first-order chi connectivity index (χ1) is 10.9. The molecule has 4 heteroatoms. The molecule has 0 amide bonds. The molecule has 0 fully saturated rings. The summed E-state index contributed by atoms with van der Waals surface area (Å²) in [5.74, 6) is 1.33. The normalized spacial score (nSPS) is 15.2. The third kappa shape index (κ3) is 6.00. The van der Waals surface area contributed by atoms with Gasteiger partial charge in [0, 0.05) is 5.41 Å². The van der Waals surface area contributed by atoms with Crippen LogP contribution in [-0.2, 0) is 4.79 Å². The Morgan fingerprint density at radius 1 is 1.04 bits per heavy atom. The lowest BCUT2D eigenvalue weighted by Gasteiger charge is -2.31. The van der Waals surface area contributed by atoms with Crippen molar-refractivity contribution in [1.82, 2.24) is 0 Å². The van der Waals surface area contributed by atoms with E-state index >= 15 is 0 Å². The van der Waals surface area contributed by atoms with Gasteiger partial charge in [0.05, 0.1) is 13.2 Å². The summed E-state index contributed by atoms with van der Waals surface area (Å²) in [5.41, 5.74) is -0.847. The molecule has 0 heterocycles. The van der Waals surface area contributed by atoms with Crippen molar-refractivity contribution < 1.29 is 19.4 Å². The summed E-state index contributed by atoms with van der Waals surface area (Å²) in [6.45, 7) is 11.4. The Bertz CT molecular complexity index is 559. The number of carbonyl (C=O) groups is 1. The van der Waals surface area contributed by atoms with E-state index in [1.165, 1.54) is 6.08 Å². The lowest BCUT2D eigenvalue weighted by Crippen LogP contribution is -2.40. The Kier molecular flexibility index (Phi) is 6.61. The van der Waals surface area contributed by atoms with Crippen LogP contribution in [0.2, 0.25) is 0 Å². The summed E-state index contributed by atoms with van der Waals surface area (Å²) in [4.78, 5) is 12.1. The van der Waals surface area contributed by atoms with Gasteiger partial charge in [-0.25, -0.2) is 0 Å². The number of ether oxygens (including phenoxy) is 2. The molecule has 0 saturated heterocycles. The number of hydrogen-bond acceptors (Lipinski definition) is 4. The van der Waals surface area contributed by atoms with Gasteiger partial charge in [0.2, 0.25) is 0 Å². The maximum atomic E-state index is 12.1. The SMILES string of the molecule is COc1ccc(O[C@@H](/C=C/C(=O)C(C)(C)C)[C@@H](O)C(C)(C)C)cc1. The number of allylic oxidation sites excluding steroid dienone is 1. The highest BCUT2D eigenvalue weighted by atomic mass is 16.5. The summed E-state index contributed by atoms with van der Waals surface area (Å²) in [5, 5.41) is 10.6. The largest absolute Gasteiger partial charge is 0.497 e. The van der Waals surface area contributed by atoms with E-state index in [1.54, 1.807) is 37.5 Å². The highest BCUT2D eigenvalue weighted by molar-refractivity contribution is 5.93. The van der Waals surface area contributed by atoms with Crippen molar-refractivity contribution >= 4 is 5.78 Å². The predicted octanol–water partition coefficient (Wildman–Crippen LogP) is 4.02. The summed E-state index contributed by atoms with van der Waals surface area (Å²) < 4.78 is 11.0. The third-order valence-corrected chi connectivity index (χ3v) is 3.71. The van der Waals surface area contributed by atoms with Crippen molar-refractivity contribution in [2.24, 2.45) is 10.8 Å². The maximum Gasteiger partial charge on any atom is 0.160 e. The molecule has 0 unspecified atom stereocenters. The lowest BCUT2D eigenvalue weighted by atomic mass is 9.84. The summed E-state index contributed by atoms with van der Waals surface area (Å²) in [6, 6.07) is 7.14. The average molecular weight is 334 g/mol. The average Bonchev–Trinajstić information content (AvgIpc) is 2.49. The fourth-order valence-corrected chi connectivity index (χ4v) is 1.95. The second-order valence-corrected chi connectivity index (χ2v) is 8.04. The molecule has 0 spiro atoms. The molecular formula is C20H30O4. The van der Waals surface area contributed by atoms with Crippen LogP contribution in [0.4, 0.5) is 0 Å². The zero-order valence-electron chi connectivity index (χ0n) is 15.8. The third-order valence-electron chi connectivity index (χ3n) is 3.71. The first-order valence-electron chi connectivity index (χ1n) is 8.16. The molecule has 1 N–H and O–H groups in total. The quantitative estimate of drug-likeness (QED) is 0.798. The standard InChI is InChI=1S/C20H30O4/c1-19(2,3)17(21)13-12-16(18(22)20(4,5)6)24-15-10-8-14(23-7)9-11-15/h8-13,16,18,22H,1-7H3/b13-12+/t16-,18+/m0/s1. The number of aliphatic hydroxyl groups is 1. The van der Waals surface area contributed by atoms with Crippen molar-refractivity contribution in [3.05, 3.63) is 36.4 Å². The Labute approximate surface area is 145 Å². The molecule has 0 radical (unpaired) electrons. The Morgan fingerprint density at radius 2 is 1.54 bits per heavy atom. The minimum Gasteiger partial charge on any atom is -0.497 e. The molecule has 1 aromatic carbocycles. The molecule has 1 rings (SSSR count). The second-order valence-electron chi connectivity index (χ2n) is 8.04. The van der Waals surface area contributed by atoms with Crippen LogP contribution in [-0.4, -0.2) is 30.2 Å². The molecule has 0 aromatic heterocycles. The minimum atomic E-state index is -0.761. The van der Waals surface area contributed by atoms with Gasteiger partial charge in [0.1, 0.15) is 17.6 Å². The van der Waals surface area contributed by atoms with Crippen LogP contribution in [0.25, 0.3) is 0 Å². The van der Waals surface area contributed by atoms with E-state index in [1.807, 2.05) is 41.5 Å². The topological polar surface area (TPSA) is 55.8 Å². The summed E-state index contributed by atoms with van der Waals surface area (Å²) in [6.07, 6.45) is 1.77. The summed E-state index contributed by atoms with van der Waals surface area (Å²) >= 11 is 0. The van der Waals surface area contributed by atoms with Gasteiger partial charge in [-0.15, -0.1) is 0 Å². The zero-order valence-corrected chi connectivity index (χ0v) is 15.8. The Balaban J connectivity index is 3.00. The Hall–Kier alpha value is -1.81. The predicted molar refractivity (Wildman–Crippen MR) is 96.5 cm³/mol. The highest BCUT2D eigenvalue weighted by Crippen LogP contribution is 2.27. The molecule has 134 valence electrons. The van der Waals surface area contributed by atoms with E-state index < -0.39 is 17.6 Å². The first kappa shape index (κ1) is 20.2. The van der Waals surface area contributed by atoms with Crippen molar-refractivity contribution in [1.29, 1.82) is 0 Å². The smallest absolute Gasteiger partial charge is 0.160 e. The van der Waals surface area contributed by atoms with Gasteiger partial charge in [0.15, 0.2) is 5.78 Å². The molecule has 1 aromatic rings. The molecule has 0 saturated carbocycles. The number of benzene rings is 1. The van der Waals surface area contributed by atoms with Gasteiger partial charge in [-0.1, -0.05) is 41.5 Å². The van der Waals surface area contributed by atoms with E-state index in [-0.39, 0.29) is 11.2 Å². The zero-order chi connectivity index (χ0) is 18.5. The van der Waals surface area contributed by atoms with E-state index in [2.05, 4.69) is 0 Å². The van der Waals surface area contributed by atoms with Gasteiger partial charge in [-0.2, -0.15) is 0 Å². The maximum absolute atomic E-state index is 12.1. The molecule has 24 heavy (non-hydrogen) atoms. The molecular weight excluding hydrogens is 304 g/mol. The highest BCUT2D eigenvalue weighted by Gasteiger charge is 2.31. The first-order valence-corrected chi connectivity index (χ1v) is 8.16. The van der Waals surface area contributed by atoms with Gasteiger partial charge >= 0.3 is 0 Å². The number of hydrogen-bond donors (Lipinski definition) is 1. The van der Waals surface area contributed by atoms with Crippen LogP contribution in [0.5, 0.6) is 11.5 Å². The van der Waals surface area contributed by atoms with Gasteiger partial charge in [-0.05, 0) is 41.8 Å². The van der Waals surface area contributed by atoms with Crippen molar-refractivity contribution in [2.75, 3.05) is 7.11 Å². The van der Waals surface area contributed by atoms with Crippen LogP contribution in [0.15, 0.2) is 36.4 Å². The number of carbonyl (C=O) groups excluding carboxylic acids is 1. The van der Waals surface area contributed by atoms with Crippen LogP contribution in [0.1, 0.15) is 41.5 Å². The number of methoxy groups -OCH3 is 1. The minimum absolute atomic E-state index is 0.00746. The lowest BCUT2D eigenvalue weighted by molar-refractivity contribution is -0.121. The van der Waals surface area contributed by atoms with E-state index in [0.29, 0.717) is 5.75 Å². The van der Waals surface area contributed by atoms with Crippen LogP contribution < -0.4 is 9.47 Å². The van der Waals surface area contributed by atoms with E-state index in [4.69, 9.17) is 9.47 Å². The fourth-order valence-electron chi connectivity index (χ4n) is 1.95. The molecule has 0 bridgehead atoms. The monoisotopic (exact) mass is 334 g/mol. The van der Waals surface area contributed by atoms with Crippen LogP contribution >= 0.6 is 0 Å². The molecule has 4 nitrogen and oxygen atoms in total.